The Labute approximate surface area is 124 Å². The first-order chi connectivity index (χ1) is 9.90. The maximum absolute atomic E-state index is 11.9. The normalized spacial score (nSPS) is 27.9. The summed E-state index contributed by atoms with van der Waals surface area (Å²) in [6.45, 7) is 3.65. The molecule has 2 unspecified atom stereocenters. The van der Waals surface area contributed by atoms with Gasteiger partial charge >= 0.3 is 5.97 Å². The summed E-state index contributed by atoms with van der Waals surface area (Å²) in [5, 5.41) is 14.1. The Hall–Kier alpha value is -1.59. The van der Waals surface area contributed by atoms with Crippen molar-refractivity contribution in [2.24, 2.45) is 23.7 Å². The van der Waals surface area contributed by atoms with Crippen LogP contribution in [0.4, 0.5) is 0 Å². The van der Waals surface area contributed by atoms with Gasteiger partial charge in [-0.05, 0) is 37.0 Å². The van der Waals surface area contributed by atoms with Crippen LogP contribution in [0.1, 0.15) is 39.5 Å². The number of carbonyl (C=O) groups is 3. The van der Waals surface area contributed by atoms with Crippen LogP contribution in [0.2, 0.25) is 0 Å². The van der Waals surface area contributed by atoms with E-state index < -0.39 is 17.9 Å². The van der Waals surface area contributed by atoms with Gasteiger partial charge in [-0.3, -0.25) is 9.59 Å². The van der Waals surface area contributed by atoms with Crippen LogP contribution in [-0.4, -0.2) is 35.5 Å². The summed E-state index contributed by atoms with van der Waals surface area (Å²) in [5.41, 5.74) is 0. The number of carbonyl (C=O) groups excluding carboxylic acids is 2. The zero-order valence-corrected chi connectivity index (χ0v) is 12.6. The van der Waals surface area contributed by atoms with Gasteiger partial charge < -0.3 is 15.7 Å². The highest BCUT2D eigenvalue weighted by molar-refractivity contribution is 5.89. The summed E-state index contributed by atoms with van der Waals surface area (Å²) in [5.74, 6) is -0.260. The van der Waals surface area contributed by atoms with Crippen LogP contribution >= 0.6 is 0 Å². The molecular weight excluding hydrogens is 272 g/mol. The number of fused-ring (bicyclic) bond motifs is 1. The molecule has 0 heterocycles. The largest absolute Gasteiger partial charge is 0.480 e. The zero-order valence-electron chi connectivity index (χ0n) is 12.6. The molecule has 2 fully saturated rings. The van der Waals surface area contributed by atoms with E-state index in [1.807, 2.05) is 13.8 Å². The lowest BCUT2D eigenvalue weighted by Gasteiger charge is -2.16. The van der Waals surface area contributed by atoms with Gasteiger partial charge in [0.15, 0.2) is 0 Å². The van der Waals surface area contributed by atoms with Crippen molar-refractivity contribution in [3.8, 4) is 0 Å². The molecular formula is C15H24N2O4. The van der Waals surface area contributed by atoms with Gasteiger partial charge in [0.25, 0.3) is 0 Å². The summed E-state index contributed by atoms with van der Waals surface area (Å²) in [7, 11) is 0. The van der Waals surface area contributed by atoms with E-state index >= 15 is 0 Å². The zero-order chi connectivity index (χ0) is 15.6. The van der Waals surface area contributed by atoms with Crippen molar-refractivity contribution in [2.75, 3.05) is 6.54 Å². The van der Waals surface area contributed by atoms with Gasteiger partial charge in [0.1, 0.15) is 6.04 Å². The van der Waals surface area contributed by atoms with Crippen LogP contribution in [-0.2, 0) is 14.4 Å². The molecule has 0 aromatic heterocycles. The van der Waals surface area contributed by atoms with Gasteiger partial charge in [-0.2, -0.15) is 0 Å². The summed E-state index contributed by atoms with van der Waals surface area (Å²) in [6.07, 6.45) is 3.81. The Kier molecular flexibility index (Phi) is 4.85. The standard InChI is InChI=1S/C15H24N2O4/c1-8(2)6-11(15(20)21)17-12(18)7-16-14(19)13-9-4-3-5-10(9)13/h8-11,13H,3-7H2,1-2H3,(H,16,19)(H,17,18)(H,20,21)/t9?,10?,11-,13?/m0/s1. The molecule has 0 aromatic rings. The van der Waals surface area contributed by atoms with E-state index in [0.717, 1.165) is 12.8 Å². The van der Waals surface area contributed by atoms with E-state index in [4.69, 9.17) is 5.11 Å². The molecule has 2 amide bonds. The van der Waals surface area contributed by atoms with Crippen molar-refractivity contribution in [2.45, 2.75) is 45.6 Å². The molecule has 0 aliphatic heterocycles. The van der Waals surface area contributed by atoms with Crippen molar-refractivity contribution >= 4 is 17.8 Å². The van der Waals surface area contributed by atoms with Crippen LogP contribution in [0.5, 0.6) is 0 Å². The molecule has 2 aliphatic rings. The van der Waals surface area contributed by atoms with Crippen LogP contribution in [0.25, 0.3) is 0 Å². The molecule has 0 bridgehead atoms. The van der Waals surface area contributed by atoms with Crippen LogP contribution in [0.15, 0.2) is 0 Å². The first-order valence-electron chi connectivity index (χ1n) is 7.70. The minimum atomic E-state index is -1.04. The lowest BCUT2D eigenvalue weighted by molar-refractivity contribution is -0.142. The Morgan fingerprint density at radius 1 is 1.19 bits per heavy atom. The fraction of sp³-hybridized carbons (Fsp3) is 0.800. The van der Waals surface area contributed by atoms with Gasteiger partial charge in [0.2, 0.25) is 11.8 Å². The van der Waals surface area contributed by atoms with Gasteiger partial charge in [-0.15, -0.1) is 0 Å². The van der Waals surface area contributed by atoms with E-state index in [-0.39, 0.29) is 24.3 Å². The van der Waals surface area contributed by atoms with Gasteiger partial charge in [-0.1, -0.05) is 20.3 Å². The fourth-order valence-electron chi connectivity index (χ4n) is 3.43. The monoisotopic (exact) mass is 296 g/mol. The molecule has 3 N–H and O–H groups in total. The molecule has 0 spiro atoms. The predicted molar refractivity (Wildman–Crippen MR) is 76.4 cm³/mol. The summed E-state index contributed by atoms with van der Waals surface area (Å²) in [6, 6.07) is -0.894. The number of hydrogen-bond acceptors (Lipinski definition) is 3. The van der Waals surface area contributed by atoms with Crippen molar-refractivity contribution in [1.82, 2.24) is 10.6 Å². The van der Waals surface area contributed by atoms with Crippen molar-refractivity contribution < 1.29 is 19.5 Å². The highest BCUT2D eigenvalue weighted by Crippen LogP contribution is 2.57. The summed E-state index contributed by atoms with van der Waals surface area (Å²) in [4.78, 5) is 34.7. The van der Waals surface area contributed by atoms with E-state index in [1.54, 1.807) is 0 Å². The lowest BCUT2D eigenvalue weighted by Crippen LogP contribution is -2.46. The molecule has 21 heavy (non-hydrogen) atoms. The SMILES string of the molecule is CC(C)C[C@H](NC(=O)CNC(=O)C1C2CCCC21)C(=O)O. The van der Waals surface area contributed by atoms with Crippen LogP contribution in [0.3, 0.4) is 0 Å². The number of nitrogens with one attached hydrogen (secondary N) is 2. The molecule has 0 aromatic carbocycles. The summed E-state index contributed by atoms with van der Waals surface area (Å²) < 4.78 is 0. The Bertz CT molecular complexity index is 425. The predicted octanol–water partition coefficient (Wildman–Crippen LogP) is 0.764. The van der Waals surface area contributed by atoms with Crippen LogP contribution in [0, 0.1) is 23.7 Å². The van der Waals surface area contributed by atoms with Gasteiger partial charge in [-0.25, -0.2) is 4.79 Å². The molecule has 0 saturated heterocycles. The maximum atomic E-state index is 11.9. The van der Waals surface area contributed by atoms with E-state index in [2.05, 4.69) is 10.6 Å². The molecule has 0 radical (unpaired) electrons. The summed E-state index contributed by atoms with van der Waals surface area (Å²) >= 11 is 0. The topological polar surface area (TPSA) is 95.5 Å². The van der Waals surface area contributed by atoms with Gasteiger partial charge in [0.05, 0.1) is 6.54 Å². The highest BCUT2D eigenvalue weighted by Gasteiger charge is 2.56. The minimum absolute atomic E-state index is 0.0596. The van der Waals surface area contributed by atoms with Crippen molar-refractivity contribution in [3.63, 3.8) is 0 Å². The lowest BCUT2D eigenvalue weighted by atomic mass is 10.0. The second-order valence-corrected chi connectivity index (χ2v) is 6.59. The van der Waals surface area contributed by atoms with E-state index in [9.17, 15) is 14.4 Å². The second-order valence-electron chi connectivity index (χ2n) is 6.59. The van der Waals surface area contributed by atoms with E-state index in [1.165, 1.54) is 6.42 Å². The Balaban J connectivity index is 1.71. The number of carboxylic acids is 1. The number of carboxylic acid groups (broad SMARTS) is 1. The molecule has 6 heteroatoms. The first-order valence-corrected chi connectivity index (χ1v) is 7.70. The van der Waals surface area contributed by atoms with E-state index in [0.29, 0.717) is 18.3 Å². The van der Waals surface area contributed by atoms with Crippen LogP contribution < -0.4 is 10.6 Å². The minimum Gasteiger partial charge on any atom is -0.480 e. The Morgan fingerprint density at radius 3 is 2.33 bits per heavy atom. The third-order valence-electron chi connectivity index (χ3n) is 4.47. The molecule has 2 aliphatic carbocycles. The molecule has 2 saturated carbocycles. The average Bonchev–Trinajstić information content (AvgIpc) is 2.88. The molecule has 6 nitrogen and oxygen atoms in total. The van der Waals surface area contributed by atoms with Gasteiger partial charge in [0, 0.05) is 5.92 Å². The average molecular weight is 296 g/mol. The number of amides is 2. The first kappa shape index (κ1) is 15.8. The third-order valence-corrected chi connectivity index (χ3v) is 4.47. The number of aliphatic carboxylic acids is 1. The maximum Gasteiger partial charge on any atom is 0.326 e. The second kappa shape index (κ2) is 6.45. The third kappa shape index (κ3) is 3.95. The number of hydrogen-bond donors (Lipinski definition) is 3. The quantitative estimate of drug-likeness (QED) is 0.646. The molecule has 2 rings (SSSR count). The fourth-order valence-corrected chi connectivity index (χ4v) is 3.43. The number of rotatable bonds is 7. The smallest absolute Gasteiger partial charge is 0.326 e. The molecule has 3 atom stereocenters. The Morgan fingerprint density at radius 2 is 1.81 bits per heavy atom. The molecule has 118 valence electrons. The van der Waals surface area contributed by atoms with Crippen molar-refractivity contribution in [3.05, 3.63) is 0 Å². The van der Waals surface area contributed by atoms with Crippen molar-refractivity contribution in [1.29, 1.82) is 0 Å². The highest BCUT2D eigenvalue weighted by atomic mass is 16.4.